The smallest absolute Gasteiger partial charge is 0.407 e. The molecule has 1 aromatic heterocycles. The van der Waals surface area contributed by atoms with E-state index in [9.17, 15) is 18.3 Å². The highest BCUT2D eigenvalue weighted by molar-refractivity contribution is 7.90. The second kappa shape index (κ2) is 7.97. The van der Waals surface area contributed by atoms with Gasteiger partial charge in [-0.2, -0.15) is 0 Å². The molecule has 0 atom stereocenters. The van der Waals surface area contributed by atoms with E-state index in [0.29, 0.717) is 25.2 Å². The average molecular weight is 462 g/mol. The summed E-state index contributed by atoms with van der Waals surface area (Å²) in [4.78, 5) is 15.3. The molecule has 0 bridgehead atoms. The van der Waals surface area contributed by atoms with Crippen molar-refractivity contribution < 1.29 is 18.3 Å². The van der Waals surface area contributed by atoms with Gasteiger partial charge in [-0.25, -0.2) is 17.2 Å². The first-order valence-corrected chi connectivity index (χ1v) is 12.1. The standard InChI is InChI=1S/C25H23N3O4S/c1-18-6-10-22(11-7-18)33(31,32)28-13-12-19-8-9-21(16-24(19)28)27-15-14-26(25(29)30)17-20-4-2-3-5-23(20)27/h2-13,16H,14-15,17H2,1H3,(H,29,30). The van der Waals surface area contributed by atoms with Crippen molar-refractivity contribution in [1.82, 2.24) is 8.87 Å². The fourth-order valence-corrected chi connectivity index (χ4v) is 5.60. The Balaban J connectivity index is 1.61. The Labute approximate surface area is 192 Å². The van der Waals surface area contributed by atoms with Crippen LogP contribution >= 0.6 is 0 Å². The third kappa shape index (κ3) is 3.72. The topological polar surface area (TPSA) is 82.9 Å². The third-order valence-electron chi connectivity index (χ3n) is 6.04. The summed E-state index contributed by atoms with van der Waals surface area (Å²) < 4.78 is 28.0. The molecule has 33 heavy (non-hydrogen) atoms. The number of fused-ring (bicyclic) bond motifs is 2. The monoisotopic (exact) mass is 461 g/mol. The minimum Gasteiger partial charge on any atom is -0.465 e. The fourth-order valence-electron chi connectivity index (χ4n) is 4.26. The molecule has 0 unspecified atom stereocenters. The van der Waals surface area contributed by atoms with Gasteiger partial charge in [0.2, 0.25) is 0 Å². The normalized spacial score (nSPS) is 14.2. The highest BCUT2D eigenvalue weighted by atomic mass is 32.2. The van der Waals surface area contributed by atoms with Crippen LogP contribution in [0.4, 0.5) is 16.2 Å². The molecule has 1 amide bonds. The van der Waals surface area contributed by atoms with Gasteiger partial charge in [0.05, 0.1) is 17.0 Å². The lowest BCUT2D eigenvalue weighted by Crippen LogP contribution is -2.32. The predicted molar refractivity (Wildman–Crippen MR) is 128 cm³/mol. The van der Waals surface area contributed by atoms with Crippen LogP contribution in [0.2, 0.25) is 0 Å². The zero-order chi connectivity index (χ0) is 23.2. The number of carboxylic acid groups (broad SMARTS) is 1. The maximum Gasteiger partial charge on any atom is 0.407 e. The van der Waals surface area contributed by atoms with E-state index in [4.69, 9.17) is 0 Å². The van der Waals surface area contributed by atoms with Crippen LogP contribution in [-0.4, -0.2) is 41.6 Å². The maximum absolute atomic E-state index is 13.4. The van der Waals surface area contributed by atoms with E-state index < -0.39 is 16.1 Å². The molecule has 168 valence electrons. The van der Waals surface area contributed by atoms with Crippen molar-refractivity contribution in [3.05, 3.63) is 90.1 Å². The lowest BCUT2D eigenvalue weighted by atomic mass is 10.1. The molecule has 2 heterocycles. The van der Waals surface area contributed by atoms with E-state index in [-0.39, 0.29) is 4.90 Å². The second-order valence-corrected chi connectivity index (χ2v) is 9.97. The molecule has 5 rings (SSSR count). The molecule has 4 aromatic rings. The van der Waals surface area contributed by atoms with Crippen molar-refractivity contribution in [3.63, 3.8) is 0 Å². The first-order chi connectivity index (χ1) is 15.8. The Morgan fingerprint density at radius 3 is 2.45 bits per heavy atom. The molecule has 0 saturated heterocycles. The summed E-state index contributed by atoms with van der Waals surface area (Å²) in [6, 6.07) is 22.0. The Bertz CT molecular complexity index is 1460. The van der Waals surface area contributed by atoms with Crippen molar-refractivity contribution in [2.45, 2.75) is 18.4 Å². The van der Waals surface area contributed by atoms with Gasteiger partial charge in [0.1, 0.15) is 0 Å². The van der Waals surface area contributed by atoms with Crippen LogP contribution in [0.1, 0.15) is 11.1 Å². The van der Waals surface area contributed by atoms with Gasteiger partial charge in [-0.3, -0.25) is 0 Å². The quantitative estimate of drug-likeness (QED) is 0.473. The van der Waals surface area contributed by atoms with Gasteiger partial charge in [-0.1, -0.05) is 42.0 Å². The molecule has 0 spiro atoms. The molecule has 0 aliphatic carbocycles. The summed E-state index contributed by atoms with van der Waals surface area (Å²) in [7, 11) is -3.76. The van der Waals surface area contributed by atoms with Gasteiger partial charge in [0.25, 0.3) is 10.0 Å². The minimum atomic E-state index is -3.76. The number of rotatable bonds is 3. The molecule has 0 radical (unpaired) electrons. The van der Waals surface area contributed by atoms with Crippen molar-refractivity contribution in [3.8, 4) is 0 Å². The predicted octanol–water partition coefficient (Wildman–Crippen LogP) is 4.82. The summed E-state index contributed by atoms with van der Waals surface area (Å²) in [5.74, 6) is 0. The molecule has 1 aliphatic heterocycles. The van der Waals surface area contributed by atoms with Crippen LogP contribution in [0.5, 0.6) is 0 Å². The number of hydrogen-bond acceptors (Lipinski definition) is 4. The largest absolute Gasteiger partial charge is 0.465 e. The zero-order valence-electron chi connectivity index (χ0n) is 18.0. The van der Waals surface area contributed by atoms with Crippen LogP contribution in [0.15, 0.2) is 83.9 Å². The molecule has 7 nitrogen and oxygen atoms in total. The Hall–Kier alpha value is -3.78. The third-order valence-corrected chi connectivity index (χ3v) is 7.74. The van der Waals surface area contributed by atoms with Gasteiger partial charge < -0.3 is 14.9 Å². The zero-order valence-corrected chi connectivity index (χ0v) is 18.9. The average Bonchev–Trinajstić information content (AvgIpc) is 3.13. The number of carbonyl (C=O) groups is 1. The summed E-state index contributed by atoms with van der Waals surface area (Å²) in [5.41, 5.74) is 4.19. The number of hydrogen-bond donors (Lipinski definition) is 1. The molecular weight excluding hydrogens is 438 g/mol. The molecule has 8 heteroatoms. The van der Waals surface area contributed by atoms with Crippen LogP contribution in [0.25, 0.3) is 10.9 Å². The van der Waals surface area contributed by atoms with E-state index in [2.05, 4.69) is 0 Å². The number of aryl methyl sites for hydroxylation is 1. The second-order valence-electron chi connectivity index (χ2n) is 8.16. The minimum absolute atomic E-state index is 0.230. The van der Waals surface area contributed by atoms with E-state index in [1.165, 1.54) is 8.87 Å². The van der Waals surface area contributed by atoms with Crippen molar-refractivity contribution in [2.24, 2.45) is 0 Å². The van der Waals surface area contributed by atoms with Crippen LogP contribution in [-0.2, 0) is 16.6 Å². The number of benzene rings is 3. The Morgan fingerprint density at radius 2 is 1.70 bits per heavy atom. The SMILES string of the molecule is Cc1ccc(S(=O)(=O)n2ccc3ccc(N4CCN(C(=O)O)Cc5ccccc54)cc32)cc1. The molecule has 1 N–H and O–H groups in total. The summed E-state index contributed by atoms with van der Waals surface area (Å²) >= 11 is 0. The Morgan fingerprint density at radius 1 is 0.939 bits per heavy atom. The van der Waals surface area contributed by atoms with Crippen LogP contribution < -0.4 is 4.90 Å². The van der Waals surface area contributed by atoms with Crippen molar-refractivity contribution in [2.75, 3.05) is 18.0 Å². The van der Waals surface area contributed by atoms with Crippen LogP contribution in [0, 0.1) is 6.92 Å². The number of nitrogens with zero attached hydrogens (tertiary/aromatic N) is 3. The highest BCUT2D eigenvalue weighted by Gasteiger charge is 2.24. The first kappa shape index (κ1) is 21.1. The highest BCUT2D eigenvalue weighted by Crippen LogP contribution is 2.34. The lowest BCUT2D eigenvalue weighted by Gasteiger charge is -2.25. The number of amides is 1. The van der Waals surface area contributed by atoms with E-state index >= 15 is 0 Å². The fraction of sp³-hybridized carbons (Fsp3) is 0.160. The Kier molecular flexibility index (Phi) is 5.09. The van der Waals surface area contributed by atoms with Crippen molar-refractivity contribution in [1.29, 1.82) is 0 Å². The number of aromatic nitrogens is 1. The molecule has 0 fully saturated rings. The number of anilines is 2. The van der Waals surface area contributed by atoms with E-state index in [0.717, 1.165) is 27.9 Å². The molecule has 1 aliphatic rings. The van der Waals surface area contributed by atoms with Gasteiger partial charge in [-0.05, 0) is 48.9 Å². The first-order valence-electron chi connectivity index (χ1n) is 10.6. The van der Waals surface area contributed by atoms with Gasteiger partial charge in [0.15, 0.2) is 0 Å². The van der Waals surface area contributed by atoms with Gasteiger partial charge in [-0.15, -0.1) is 0 Å². The lowest BCUT2D eigenvalue weighted by molar-refractivity contribution is 0.145. The molecule has 0 saturated carbocycles. The molecular formula is C25H23N3O4S. The maximum atomic E-state index is 13.4. The van der Waals surface area contributed by atoms with Crippen molar-refractivity contribution >= 4 is 38.4 Å². The van der Waals surface area contributed by atoms with Gasteiger partial charge >= 0.3 is 6.09 Å². The van der Waals surface area contributed by atoms with E-state index in [1.807, 2.05) is 54.3 Å². The summed E-state index contributed by atoms with van der Waals surface area (Å²) in [5, 5.41) is 10.4. The van der Waals surface area contributed by atoms with E-state index in [1.54, 1.807) is 36.5 Å². The van der Waals surface area contributed by atoms with Crippen LogP contribution in [0.3, 0.4) is 0 Å². The summed E-state index contributed by atoms with van der Waals surface area (Å²) in [6.07, 6.45) is 0.617. The van der Waals surface area contributed by atoms with Gasteiger partial charge in [0, 0.05) is 36.0 Å². The number of para-hydroxylation sites is 1. The summed E-state index contributed by atoms with van der Waals surface area (Å²) in [6.45, 7) is 3.02. The molecule has 3 aromatic carbocycles.